The average Bonchev–Trinajstić information content (AvgIpc) is 2.70. The molecule has 0 unspecified atom stereocenters. The third-order valence-corrected chi connectivity index (χ3v) is 4.05. The molecule has 0 aliphatic carbocycles. The molecule has 0 bridgehead atoms. The van der Waals surface area contributed by atoms with Crippen LogP contribution >= 0.6 is 0 Å². The topological polar surface area (TPSA) is 67.4 Å². The van der Waals surface area contributed by atoms with Crippen LogP contribution in [0.4, 0.5) is 11.4 Å². The molecule has 2 N–H and O–H groups in total. The van der Waals surface area contributed by atoms with Gasteiger partial charge in [0.15, 0.2) is 0 Å². The monoisotopic (exact) mass is 360 g/mol. The summed E-state index contributed by atoms with van der Waals surface area (Å²) in [4.78, 5) is 25.0. The van der Waals surface area contributed by atoms with Gasteiger partial charge in [0.1, 0.15) is 5.75 Å². The number of benzene rings is 3. The second-order valence-electron chi connectivity index (χ2n) is 6.06. The number of hydrogen-bond donors (Lipinski definition) is 2. The Morgan fingerprint density at radius 2 is 1.41 bits per heavy atom. The number of carbonyl (C=O) groups excluding carboxylic acids is 2. The number of carbonyl (C=O) groups is 2. The molecule has 0 fully saturated rings. The molecular formula is C22H20N2O3. The van der Waals surface area contributed by atoms with Crippen molar-refractivity contribution < 1.29 is 14.3 Å². The summed E-state index contributed by atoms with van der Waals surface area (Å²) in [5, 5.41) is 5.63. The van der Waals surface area contributed by atoms with Gasteiger partial charge in [-0.25, -0.2) is 0 Å². The number of methoxy groups -OCH3 is 1. The molecule has 0 saturated heterocycles. The van der Waals surface area contributed by atoms with Crippen LogP contribution in [0, 0.1) is 6.92 Å². The van der Waals surface area contributed by atoms with Crippen LogP contribution in [-0.4, -0.2) is 18.9 Å². The summed E-state index contributed by atoms with van der Waals surface area (Å²) in [6.07, 6.45) is 0. The van der Waals surface area contributed by atoms with Crippen molar-refractivity contribution in [3.63, 3.8) is 0 Å². The molecule has 0 aliphatic heterocycles. The van der Waals surface area contributed by atoms with Crippen LogP contribution in [0.2, 0.25) is 0 Å². The first-order chi connectivity index (χ1) is 13.1. The minimum atomic E-state index is -0.315. The van der Waals surface area contributed by atoms with E-state index in [9.17, 15) is 9.59 Å². The highest BCUT2D eigenvalue weighted by molar-refractivity contribution is 6.09. The normalized spacial score (nSPS) is 10.1. The number of nitrogens with one attached hydrogen (secondary N) is 2. The van der Waals surface area contributed by atoms with Gasteiger partial charge >= 0.3 is 0 Å². The van der Waals surface area contributed by atoms with Crippen molar-refractivity contribution in [2.75, 3.05) is 17.7 Å². The minimum Gasteiger partial charge on any atom is -0.495 e. The number of rotatable bonds is 5. The van der Waals surface area contributed by atoms with E-state index in [0.717, 1.165) is 5.56 Å². The fraction of sp³-hybridized carbons (Fsp3) is 0.0909. The molecule has 0 atom stereocenters. The molecule has 0 aliphatic rings. The second-order valence-corrected chi connectivity index (χ2v) is 6.06. The van der Waals surface area contributed by atoms with Crippen molar-refractivity contribution in [2.24, 2.45) is 0 Å². The van der Waals surface area contributed by atoms with Gasteiger partial charge in [0.25, 0.3) is 11.8 Å². The van der Waals surface area contributed by atoms with Crippen molar-refractivity contribution in [3.05, 3.63) is 89.5 Å². The highest BCUT2D eigenvalue weighted by Gasteiger charge is 2.12. The van der Waals surface area contributed by atoms with E-state index in [4.69, 9.17) is 4.74 Å². The van der Waals surface area contributed by atoms with Crippen LogP contribution in [0.1, 0.15) is 26.3 Å². The third-order valence-electron chi connectivity index (χ3n) is 4.05. The second kappa shape index (κ2) is 8.19. The molecule has 3 aromatic rings. The van der Waals surface area contributed by atoms with Gasteiger partial charge in [0.2, 0.25) is 0 Å². The van der Waals surface area contributed by atoms with E-state index in [-0.39, 0.29) is 11.8 Å². The fourth-order valence-electron chi connectivity index (χ4n) is 2.58. The third kappa shape index (κ3) is 4.52. The number of anilines is 2. The Labute approximate surface area is 158 Å². The zero-order valence-corrected chi connectivity index (χ0v) is 15.2. The number of para-hydroxylation sites is 2. The number of ether oxygens (including phenoxy) is 1. The van der Waals surface area contributed by atoms with Gasteiger partial charge in [-0.3, -0.25) is 9.59 Å². The van der Waals surface area contributed by atoms with E-state index >= 15 is 0 Å². The van der Waals surface area contributed by atoms with E-state index in [1.165, 1.54) is 0 Å². The first-order valence-corrected chi connectivity index (χ1v) is 8.49. The minimum absolute atomic E-state index is 0.272. The first-order valence-electron chi connectivity index (χ1n) is 8.49. The van der Waals surface area contributed by atoms with Gasteiger partial charge in [0, 0.05) is 16.8 Å². The van der Waals surface area contributed by atoms with E-state index in [0.29, 0.717) is 28.3 Å². The van der Waals surface area contributed by atoms with Crippen LogP contribution in [0.5, 0.6) is 5.75 Å². The molecule has 0 saturated carbocycles. The lowest BCUT2D eigenvalue weighted by Gasteiger charge is -2.11. The Balaban J connectivity index is 1.75. The quantitative estimate of drug-likeness (QED) is 0.703. The predicted octanol–water partition coefficient (Wildman–Crippen LogP) is 4.51. The lowest BCUT2D eigenvalue weighted by Crippen LogP contribution is -2.16. The summed E-state index contributed by atoms with van der Waals surface area (Å²) in [6.45, 7) is 1.98. The SMILES string of the molecule is COc1ccccc1NC(=O)c1cccc(C(=O)Nc2ccc(C)cc2)c1. The highest BCUT2D eigenvalue weighted by Crippen LogP contribution is 2.23. The highest BCUT2D eigenvalue weighted by atomic mass is 16.5. The van der Waals surface area contributed by atoms with Crippen LogP contribution in [0.25, 0.3) is 0 Å². The van der Waals surface area contributed by atoms with Crippen molar-refractivity contribution in [1.82, 2.24) is 0 Å². The van der Waals surface area contributed by atoms with Crippen molar-refractivity contribution >= 4 is 23.2 Å². The zero-order chi connectivity index (χ0) is 19.2. The van der Waals surface area contributed by atoms with Crippen LogP contribution in [0.15, 0.2) is 72.8 Å². The fourth-order valence-corrected chi connectivity index (χ4v) is 2.58. The maximum absolute atomic E-state index is 12.6. The molecule has 5 nitrogen and oxygen atoms in total. The molecule has 3 aromatic carbocycles. The van der Waals surface area contributed by atoms with E-state index in [1.807, 2.05) is 43.3 Å². The van der Waals surface area contributed by atoms with Crippen LogP contribution in [-0.2, 0) is 0 Å². The maximum atomic E-state index is 12.6. The van der Waals surface area contributed by atoms with Gasteiger partial charge in [-0.1, -0.05) is 35.9 Å². The summed E-state index contributed by atoms with van der Waals surface area (Å²) in [5.41, 5.74) is 3.18. The number of hydrogen-bond acceptors (Lipinski definition) is 3. The van der Waals surface area contributed by atoms with Crippen molar-refractivity contribution in [3.8, 4) is 5.75 Å². The number of aryl methyl sites for hydroxylation is 1. The predicted molar refractivity (Wildman–Crippen MR) is 107 cm³/mol. The zero-order valence-electron chi connectivity index (χ0n) is 15.2. The maximum Gasteiger partial charge on any atom is 0.255 e. The molecule has 2 amide bonds. The summed E-state index contributed by atoms with van der Waals surface area (Å²) in [6, 6.07) is 21.3. The van der Waals surface area contributed by atoms with Gasteiger partial charge in [0.05, 0.1) is 12.8 Å². The van der Waals surface area contributed by atoms with Gasteiger partial charge in [-0.2, -0.15) is 0 Å². The molecule has 0 aromatic heterocycles. The molecular weight excluding hydrogens is 340 g/mol. The Morgan fingerprint density at radius 1 is 0.778 bits per heavy atom. The Morgan fingerprint density at radius 3 is 2.07 bits per heavy atom. The Bertz CT molecular complexity index is 965. The van der Waals surface area contributed by atoms with Gasteiger partial charge in [-0.05, 0) is 49.4 Å². The smallest absolute Gasteiger partial charge is 0.255 e. The van der Waals surface area contributed by atoms with Gasteiger partial charge in [-0.15, -0.1) is 0 Å². The summed E-state index contributed by atoms with van der Waals surface area (Å²) in [5.74, 6) is -0.0191. The van der Waals surface area contributed by atoms with Crippen LogP contribution in [0.3, 0.4) is 0 Å². The molecule has 0 heterocycles. The average molecular weight is 360 g/mol. The first kappa shape index (κ1) is 18.2. The van der Waals surface area contributed by atoms with E-state index < -0.39 is 0 Å². The number of amides is 2. The van der Waals surface area contributed by atoms with Gasteiger partial charge < -0.3 is 15.4 Å². The summed E-state index contributed by atoms with van der Waals surface area (Å²) < 4.78 is 5.24. The summed E-state index contributed by atoms with van der Waals surface area (Å²) in [7, 11) is 1.54. The lowest BCUT2D eigenvalue weighted by molar-refractivity contribution is 0.102. The molecule has 0 spiro atoms. The van der Waals surface area contributed by atoms with Crippen molar-refractivity contribution in [1.29, 1.82) is 0 Å². The molecule has 27 heavy (non-hydrogen) atoms. The summed E-state index contributed by atoms with van der Waals surface area (Å²) >= 11 is 0. The van der Waals surface area contributed by atoms with E-state index in [2.05, 4.69) is 10.6 Å². The standard InChI is InChI=1S/C22H20N2O3/c1-15-10-12-18(13-11-15)23-21(25)16-6-5-7-17(14-16)22(26)24-19-8-3-4-9-20(19)27-2/h3-14H,1-2H3,(H,23,25)(H,24,26). The Kier molecular flexibility index (Phi) is 5.52. The molecule has 5 heteroatoms. The lowest BCUT2D eigenvalue weighted by atomic mass is 10.1. The largest absolute Gasteiger partial charge is 0.495 e. The van der Waals surface area contributed by atoms with E-state index in [1.54, 1.807) is 43.5 Å². The molecule has 0 radical (unpaired) electrons. The molecule has 136 valence electrons. The van der Waals surface area contributed by atoms with Crippen molar-refractivity contribution in [2.45, 2.75) is 6.92 Å². The Hall–Kier alpha value is -3.60. The molecule has 3 rings (SSSR count). The van der Waals surface area contributed by atoms with Crippen LogP contribution < -0.4 is 15.4 Å².